The molecule has 2 amide bonds. The summed E-state index contributed by atoms with van der Waals surface area (Å²) in [4.78, 5) is 28.4. The average molecular weight is 340 g/mol. The summed E-state index contributed by atoms with van der Waals surface area (Å²) in [5.74, 6) is 0.159. The van der Waals surface area contributed by atoms with Crippen molar-refractivity contribution in [2.45, 2.75) is 32.7 Å². The van der Waals surface area contributed by atoms with Gasteiger partial charge in [-0.25, -0.2) is 0 Å². The Kier molecular flexibility index (Phi) is 4.93. The van der Waals surface area contributed by atoms with Crippen molar-refractivity contribution in [1.82, 2.24) is 4.90 Å². The third-order valence-electron chi connectivity index (χ3n) is 4.72. The van der Waals surface area contributed by atoms with Crippen molar-refractivity contribution in [3.8, 4) is 0 Å². The molecular formula is C20H24N2O3. The van der Waals surface area contributed by atoms with Gasteiger partial charge in [-0.3, -0.25) is 9.59 Å². The Morgan fingerprint density at radius 1 is 1.28 bits per heavy atom. The van der Waals surface area contributed by atoms with Gasteiger partial charge in [0.15, 0.2) is 0 Å². The van der Waals surface area contributed by atoms with Crippen molar-refractivity contribution in [2.75, 3.05) is 18.5 Å². The summed E-state index contributed by atoms with van der Waals surface area (Å²) in [7, 11) is 1.76. The Balaban J connectivity index is 1.66. The predicted molar refractivity (Wildman–Crippen MR) is 96.2 cm³/mol. The maximum atomic E-state index is 12.7. The number of rotatable bonds is 5. The predicted octanol–water partition coefficient (Wildman–Crippen LogP) is 3.41. The van der Waals surface area contributed by atoms with Crippen LogP contribution in [-0.2, 0) is 16.1 Å². The molecule has 2 heterocycles. The number of hydrogen-bond acceptors (Lipinski definition) is 3. The maximum absolute atomic E-state index is 12.7. The molecule has 0 unspecified atom stereocenters. The number of amides is 2. The minimum absolute atomic E-state index is 0.00384. The highest BCUT2D eigenvalue weighted by atomic mass is 16.3. The molecule has 1 aliphatic rings. The molecule has 1 aromatic carbocycles. The van der Waals surface area contributed by atoms with Crippen LogP contribution in [0.3, 0.4) is 0 Å². The fourth-order valence-electron chi connectivity index (χ4n) is 3.21. The zero-order valence-electron chi connectivity index (χ0n) is 14.9. The van der Waals surface area contributed by atoms with Gasteiger partial charge in [-0.2, -0.15) is 0 Å². The number of hydrogen-bond donors (Lipinski definition) is 0. The molecule has 0 radical (unpaired) electrons. The Bertz CT molecular complexity index is 735. The van der Waals surface area contributed by atoms with Gasteiger partial charge in [0.25, 0.3) is 0 Å². The van der Waals surface area contributed by atoms with Crippen LogP contribution < -0.4 is 4.90 Å². The second-order valence-electron chi connectivity index (χ2n) is 6.98. The summed E-state index contributed by atoms with van der Waals surface area (Å²) in [5, 5.41) is 0. The van der Waals surface area contributed by atoms with Gasteiger partial charge in [-0.1, -0.05) is 26.0 Å². The van der Waals surface area contributed by atoms with Crippen LogP contribution in [0.4, 0.5) is 5.69 Å². The van der Waals surface area contributed by atoms with Crippen molar-refractivity contribution in [3.63, 3.8) is 0 Å². The molecule has 1 aliphatic heterocycles. The zero-order chi connectivity index (χ0) is 18.0. The van der Waals surface area contributed by atoms with Gasteiger partial charge in [0, 0.05) is 37.8 Å². The second-order valence-corrected chi connectivity index (χ2v) is 6.98. The third kappa shape index (κ3) is 3.76. The van der Waals surface area contributed by atoms with Crippen LogP contribution in [-0.4, -0.2) is 30.3 Å². The summed E-state index contributed by atoms with van der Waals surface area (Å²) >= 11 is 0. The summed E-state index contributed by atoms with van der Waals surface area (Å²) in [6.45, 7) is 5.21. The van der Waals surface area contributed by atoms with E-state index in [2.05, 4.69) is 13.8 Å². The van der Waals surface area contributed by atoms with E-state index in [9.17, 15) is 9.59 Å². The van der Waals surface area contributed by atoms with E-state index in [-0.39, 0.29) is 24.2 Å². The summed E-state index contributed by atoms with van der Waals surface area (Å²) < 4.78 is 5.04. The van der Waals surface area contributed by atoms with Crippen LogP contribution in [0.5, 0.6) is 0 Å². The van der Waals surface area contributed by atoms with E-state index in [1.165, 1.54) is 5.56 Å². The molecule has 0 spiro atoms. The number of furan rings is 1. The summed E-state index contributed by atoms with van der Waals surface area (Å²) in [6, 6.07) is 9.87. The normalized spacial score (nSPS) is 17.4. The molecule has 3 rings (SSSR count). The molecule has 1 saturated heterocycles. The molecule has 2 aromatic rings. The van der Waals surface area contributed by atoms with Gasteiger partial charge in [0.05, 0.1) is 18.4 Å². The fourth-order valence-corrected chi connectivity index (χ4v) is 3.21. The number of carbonyl (C=O) groups is 2. The van der Waals surface area contributed by atoms with Crippen LogP contribution in [0.15, 0.2) is 47.3 Å². The van der Waals surface area contributed by atoms with E-state index in [0.29, 0.717) is 19.0 Å². The molecule has 0 bridgehead atoms. The molecule has 1 atom stereocenters. The first-order valence-corrected chi connectivity index (χ1v) is 8.62. The highest BCUT2D eigenvalue weighted by Gasteiger charge is 2.36. The Morgan fingerprint density at radius 2 is 2.00 bits per heavy atom. The van der Waals surface area contributed by atoms with E-state index in [0.717, 1.165) is 11.3 Å². The van der Waals surface area contributed by atoms with Gasteiger partial charge >= 0.3 is 0 Å². The Morgan fingerprint density at radius 3 is 2.60 bits per heavy atom. The summed E-state index contributed by atoms with van der Waals surface area (Å²) in [5.41, 5.74) is 3.05. The number of benzene rings is 1. The number of carbonyl (C=O) groups excluding carboxylic acids is 2. The Hall–Kier alpha value is -2.56. The molecule has 1 aromatic heterocycles. The topological polar surface area (TPSA) is 53.8 Å². The van der Waals surface area contributed by atoms with E-state index < -0.39 is 0 Å². The lowest BCUT2D eigenvalue weighted by Gasteiger charge is -2.21. The van der Waals surface area contributed by atoms with Crippen LogP contribution in [0, 0.1) is 5.92 Å². The molecule has 0 saturated carbocycles. The highest BCUT2D eigenvalue weighted by Crippen LogP contribution is 2.28. The van der Waals surface area contributed by atoms with Crippen molar-refractivity contribution >= 4 is 17.5 Å². The average Bonchev–Trinajstić information content (AvgIpc) is 3.23. The van der Waals surface area contributed by atoms with Crippen molar-refractivity contribution in [2.24, 2.45) is 5.92 Å². The van der Waals surface area contributed by atoms with E-state index in [1.807, 2.05) is 30.3 Å². The lowest BCUT2D eigenvalue weighted by atomic mass is 10.0. The largest absolute Gasteiger partial charge is 0.472 e. The first-order chi connectivity index (χ1) is 12.0. The fraction of sp³-hybridized carbons (Fsp3) is 0.400. The van der Waals surface area contributed by atoms with Crippen molar-refractivity contribution in [3.05, 3.63) is 54.0 Å². The quantitative estimate of drug-likeness (QED) is 0.838. The van der Waals surface area contributed by atoms with Gasteiger partial charge in [0.2, 0.25) is 11.8 Å². The molecule has 25 heavy (non-hydrogen) atoms. The van der Waals surface area contributed by atoms with Crippen molar-refractivity contribution < 1.29 is 14.0 Å². The third-order valence-corrected chi connectivity index (χ3v) is 4.72. The molecule has 5 heteroatoms. The molecule has 132 valence electrons. The number of anilines is 1. The lowest BCUT2D eigenvalue weighted by molar-refractivity contribution is -0.135. The minimum Gasteiger partial charge on any atom is -0.472 e. The van der Waals surface area contributed by atoms with Gasteiger partial charge in [0.1, 0.15) is 0 Å². The van der Waals surface area contributed by atoms with Crippen LogP contribution in [0.25, 0.3) is 0 Å². The van der Waals surface area contributed by atoms with Gasteiger partial charge in [-0.05, 0) is 29.7 Å². The van der Waals surface area contributed by atoms with E-state index >= 15 is 0 Å². The summed E-state index contributed by atoms with van der Waals surface area (Å²) in [6.07, 6.45) is 3.49. The standard InChI is InChI=1S/C20H24N2O3/c1-14(2)16-4-6-18(7-5-16)22-12-17(10-19(22)23)20(24)21(3)11-15-8-9-25-13-15/h4-9,13-14,17H,10-12H2,1-3H3/t17-/m1/s1. The van der Waals surface area contributed by atoms with Crippen LogP contribution in [0.1, 0.15) is 37.3 Å². The smallest absolute Gasteiger partial charge is 0.228 e. The monoisotopic (exact) mass is 340 g/mol. The molecule has 1 fully saturated rings. The van der Waals surface area contributed by atoms with Crippen LogP contribution >= 0.6 is 0 Å². The first kappa shape index (κ1) is 17.3. The van der Waals surface area contributed by atoms with Crippen LogP contribution in [0.2, 0.25) is 0 Å². The maximum Gasteiger partial charge on any atom is 0.228 e. The van der Waals surface area contributed by atoms with E-state index in [4.69, 9.17) is 4.42 Å². The van der Waals surface area contributed by atoms with E-state index in [1.54, 1.807) is 29.4 Å². The minimum atomic E-state index is -0.297. The molecular weight excluding hydrogens is 316 g/mol. The first-order valence-electron chi connectivity index (χ1n) is 8.62. The highest BCUT2D eigenvalue weighted by molar-refractivity contribution is 6.00. The zero-order valence-corrected chi connectivity index (χ0v) is 14.9. The van der Waals surface area contributed by atoms with Crippen molar-refractivity contribution in [1.29, 1.82) is 0 Å². The lowest BCUT2D eigenvalue weighted by Crippen LogP contribution is -2.34. The molecule has 5 nitrogen and oxygen atoms in total. The number of nitrogens with zero attached hydrogens (tertiary/aromatic N) is 2. The molecule has 0 aliphatic carbocycles. The van der Waals surface area contributed by atoms with Gasteiger partial charge < -0.3 is 14.2 Å². The SMILES string of the molecule is CC(C)c1ccc(N2C[C@H](C(=O)N(C)Cc3ccoc3)CC2=O)cc1. The second kappa shape index (κ2) is 7.13. The molecule has 0 N–H and O–H groups in total. The Labute approximate surface area is 148 Å². The van der Waals surface area contributed by atoms with Gasteiger partial charge in [-0.15, -0.1) is 0 Å².